The van der Waals surface area contributed by atoms with Crippen LogP contribution in [0.2, 0.25) is 10.0 Å². The number of nitrogens with zero attached hydrogens (tertiary/aromatic N) is 2. The third-order valence-corrected chi connectivity index (χ3v) is 3.75. The van der Waals surface area contributed by atoms with Gasteiger partial charge >= 0.3 is 0 Å². The molecule has 0 saturated heterocycles. The van der Waals surface area contributed by atoms with Crippen molar-refractivity contribution in [1.29, 1.82) is 0 Å². The molecule has 0 fully saturated rings. The zero-order valence-corrected chi connectivity index (χ0v) is 13.5. The van der Waals surface area contributed by atoms with Crippen LogP contribution < -0.4 is 4.74 Å². The highest BCUT2D eigenvalue weighted by atomic mass is 35.5. The molecule has 3 nitrogen and oxygen atoms in total. The van der Waals surface area contributed by atoms with E-state index in [4.69, 9.17) is 27.9 Å². The molecule has 1 aromatic heterocycles. The molecule has 5 heteroatoms. The van der Waals surface area contributed by atoms with Gasteiger partial charge in [-0.05, 0) is 31.2 Å². The first kappa shape index (κ1) is 14.9. The largest absolute Gasteiger partial charge is 0.476 e. The molecule has 0 aliphatic carbocycles. The van der Waals surface area contributed by atoms with Crippen molar-refractivity contribution in [1.82, 2.24) is 9.78 Å². The number of aromatic nitrogens is 2. The van der Waals surface area contributed by atoms with Crippen LogP contribution in [-0.2, 0) is 0 Å². The van der Waals surface area contributed by atoms with E-state index in [-0.39, 0.29) is 0 Å². The summed E-state index contributed by atoms with van der Waals surface area (Å²) in [5.41, 5.74) is 2.56. The van der Waals surface area contributed by atoms with Gasteiger partial charge in [0.05, 0.1) is 18.0 Å². The Hall–Kier alpha value is -1.97. The first-order chi connectivity index (χ1) is 10.7. The minimum Gasteiger partial charge on any atom is -0.476 e. The Balaban J connectivity index is 2.23. The van der Waals surface area contributed by atoms with E-state index >= 15 is 0 Å². The van der Waals surface area contributed by atoms with E-state index in [0.717, 1.165) is 16.9 Å². The van der Waals surface area contributed by atoms with Crippen molar-refractivity contribution in [3.63, 3.8) is 0 Å². The second-order valence-electron chi connectivity index (χ2n) is 4.66. The maximum absolute atomic E-state index is 6.49. The maximum atomic E-state index is 6.49. The van der Waals surface area contributed by atoms with Crippen molar-refractivity contribution in [2.75, 3.05) is 6.61 Å². The molecule has 2 aromatic carbocycles. The number of benzene rings is 2. The third kappa shape index (κ3) is 2.82. The van der Waals surface area contributed by atoms with E-state index in [9.17, 15) is 0 Å². The molecule has 0 aliphatic heterocycles. The second kappa shape index (κ2) is 6.42. The van der Waals surface area contributed by atoms with Crippen LogP contribution in [-0.4, -0.2) is 16.4 Å². The van der Waals surface area contributed by atoms with Crippen LogP contribution in [0.4, 0.5) is 0 Å². The standard InChI is InChI=1S/C17H14Cl2N2O/c1-2-22-17-15(19)16(12-7-6-8-13(18)11-12)21(20-17)14-9-4-3-5-10-14/h3-11H,2H2,1H3. The van der Waals surface area contributed by atoms with Crippen molar-refractivity contribution < 1.29 is 4.74 Å². The topological polar surface area (TPSA) is 27.1 Å². The van der Waals surface area contributed by atoms with Gasteiger partial charge in [0, 0.05) is 10.6 Å². The molecule has 0 saturated carbocycles. The van der Waals surface area contributed by atoms with Gasteiger partial charge in [-0.2, -0.15) is 0 Å². The van der Waals surface area contributed by atoms with Gasteiger partial charge in [-0.3, -0.25) is 0 Å². The molecule has 0 unspecified atom stereocenters. The molecule has 0 atom stereocenters. The quantitative estimate of drug-likeness (QED) is 0.652. The third-order valence-electron chi connectivity index (χ3n) is 3.18. The average Bonchev–Trinajstić information content (AvgIpc) is 2.86. The van der Waals surface area contributed by atoms with Crippen LogP contribution in [0.25, 0.3) is 16.9 Å². The normalized spacial score (nSPS) is 10.7. The summed E-state index contributed by atoms with van der Waals surface area (Å²) in [5.74, 6) is 0.419. The van der Waals surface area contributed by atoms with Crippen LogP contribution in [0.15, 0.2) is 54.6 Å². The summed E-state index contributed by atoms with van der Waals surface area (Å²) < 4.78 is 7.31. The Bertz CT molecular complexity index is 785. The lowest BCUT2D eigenvalue weighted by Crippen LogP contribution is -1.99. The number of para-hydroxylation sites is 1. The van der Waals surface area contributed by atoms with E-state index in [1.807, 2.05) is 61.5 Å². The summed E-state index contributed by atoms with van der Waals surface area (Å²) in [6.45, 7) is 2.40. The Kier molecular flexibility index (Phi) is 4.36. The van der Waals surface area contributed by atoms with Gasteiger partial charge in [0.25, 0.3) is 5.88 Å². The molecule has 3 rings (SSSR count). The summed E-state index contributed by atoms with van der Waals surface area (Å²) in [6, 6.07) is 17.3. The number of ether oxygens (including phenoxy) is 1. The molecule has 0 N–H and O–H groups in total. The molecule has 1 heterocycles. The zero-order chi connectivity index (χ0) is 15.5. The summed E-state index contributed by atoms with van der Waals surface area (Å²) in [6.07, 6.45) is 0. The van der Waals surface area contributed by atoms with E-state index in [0.29, 0.717) is 22.5 Å². The van der Waals surface area contributed by atoms with Crippen LogP contribution in [0.5, 0.6) is 5.88 Å². The minimum atomic E-state index is 0.419. The predicted octanol–water partition coefficient (Wildman–Crippen LogP) is 5.24. The fraction of sp³-hybridized carbons (Fsp3) is 0.118. The first-order valence-electron chi connectivity index (χ1n) is 6.93. The van der Waals surface area contributed by atoms with Gasteiger partial charge < -0.3 is 4.74 Å². The van der Waals surface area contributed by atoms with Gasteiger partial charge in [0.15, 0.2) is 0 Å². The van der Waals surface area contributed by atoms with Crippen molar-refractivity contribution in [3.05, 3.63) is 64.6 Å². The van der Waals surface area contributed by atoms with E-state index in [1.54, 1.807) is 4.68 Å². The van der Waals surface area contributed by atoms with Crippen LogP contribution in [0.3, 0.4) is 0 Å². The average molecular weight is 333 g/mol. The highest BCUT2D eigenvalue weighted by molar-refractivity contribution is 6.34. The highest BCUT2D eigenvalue weighted by Crippen LogP contribution is 2.37. The van der Waals surface area contributed by atoms with Gasteiger partial charge in [-0.25, -0.2) is 4.68 Å². The lowest BCUT2D eigenvalue weighted by atomic mass is 10.1. The minimum absolute atomic E-state index is 0.419. The molecule has 0 spiro atoms. The van der Waals surface area contributed by atoms with Crippen LogP contribution in [0.1, 0.15) is 6.92 Å². The van der Waals surface area contributed by atoms with Crippen LogP contribution in [0, 0.1) is 0 Å². The molecular formula is C17H14Cl2N2O. The molecular weight excluding hydrogens is 319 g/mol. The highest BCUT2D eigenvalue weighted by Gasteiger charge is 2.20. The SMILES string of the molecule is CCOc1nn(-c2ccccc2)c(-c2cccc(Cl)c2)c1Cl. The summed E-state index contributed by atoms with van der Waals surface area (Å²) in [7, 11) is 0. The smallest absolute Gasteiger partial charge is 0.252 e. The number of hydrogen-bond donors (Lipinski definition) is 0. The molecule has 112 valence electrons. The van der Waals surface area contributed by atoms with Crippen molar-refractivity contribution in [3.8, 4) is 22.8 Å². The zero-order valence-electron chi connectivity index (χ0n) is 12.0. The van der Waals surface area contributed by atoms with E-state index in [1.165, 1.54) is 0 Å². The fourth-order valence-electron chi connectivity index (χ4n) is 2.25. The molecule has 0 radical (unpaired) electrons. The monoisotopic (exact) mass is 332 g/mol. The predicted molar refractivity (Wildman–Crippen MR) is 90.2 cm³/mol. The Morgan fingerprint density at radius 1 is 1.05 bits per heavy atom. The lowest BCUT2D eigenvalue weighted by Gasteiger charge is -2.08. The number of halogens is 2. The molecule has 0 bridgehead atoms. The van der Waals surface area contributed by atoms with Crippen LogP contribution >= 0.6 is 23.2 Å². The molecule has 0 aliphatic rings. The Morgan fingerprint density at radius 2 is 1.82 bits per heavy atom. The summed E-state index contributed by atoms with van der Waals surface area (Å²) in [5, 5.41) is 5.62. The van der Waals surface area contributed by atoms with Gasteiger partial charge in [-0.1, -0.05) is 53.5 Å². The number of rotatable bonds is 4. The summed E-state index contributed by atoms with van der Waals surface area (Å²) in [4.78, 5) is 0. The van der Waals surface area contributed by atoms with Gasteiger partial charge in [0.2, 0.25) is 0 Å². The summed E-state index contributed by atoms with van der Waals surface area (Å²) >= 11 is 12.6. The Labute approximate surface area is 139 Å². The van der Waals surface area contributed by atoms with Crippen molar-refractivity contribution in [2.45, 2.75) is 6.92 Å². The Morgan fingerprint density at radius 3 is 2.50 bits per heavy atom. The molecule has 3 aromatic rings. The molecule has 0 amide bonds. The van der Waals surface area contributed by atoms with E-state index < -0.39 is 0 Å². The van der Waals surface area contributed by atoms with Gasteiger partial charge in [0.1, 0.15) is 5.02 Å². The van der Waals surface area contributed by atoms with Crippen molar-refractivity contribution in [2.24, 2.45) is 0 Å². The van der Waals surface area contributed by atoms with Gasteiger partial charge in [-0.15, -0.1) is 5.10 Å². The van der Waals surface area contributed by atoms with E-state index in [2.05, 4.69) is 5.10 Å². The van der Waals surface area contributed by atoms with Crippen molar-refractivity contribution >= 4 is 23.2 Å². The molecule has 22 heavy (non-hydrogen) atoms. The lowest BCUT2D eigenvalue weighted by molar-refractivity contribution is 0.324. The maximum Gasteiger partial charge on any atom is 0.252 e. The number of hydrogen-bond acceptors (Lipinski definition) is 2. The first-order valence-corrected chi connectivity index (χ1v) is 7.69. The second-order valence-corrected chi connectivity index (χ2v) is 5.47. The fourth-order valence-corrected chi connectivity index (χ4v) is 2.72.